The summed E-state index contributed by atoms with van der Waals surface area (Å²) in [6.07, 6.45) is 3.46. The van der Waals surface area contributed by atoms with E-state index in [9.17, 15) is 8.42 Å². The summed E-state index contributed by atoms with van der Waals surface area (Å²) < 4.78 is 29.4. The van der Waals surface area contributed by atoms with Crippen molar-refractivity contribution in [3.8, 4) is 0 Å². The van der Waals surface area contributed by atoms with E-state index in [0.717, 1.165) is 4.47 Å². The quantitative estimate of drug-likeness (QED) is 0.903. The Morgan fingerprint density at radius 1 is 1.42 bits per heavy atom. The molecule has 5 nitrogen and oxygen atoms in total. The summed E-state index contributed by atoms with van der Waals surface area (Å²) in [5.74, 6) is 0. The van der Waals surface area contributed by atoms with E-state index < -0.39 is 10.0 Å². The fourth-order valence-corrected chi connectivity index (χ4v) is 3.52. The normalized spacial score (nSPS) is 13.4. The summed E-state index contributed by atoms with van der Waals surface area (Å²) in [5.41, 5.74) is 0. The van der Waals surface area contributed by atoms with Crippen LogP contribution in [0.3, 0.4) is 0 Å². The SMILES string of the molecule is C[C@@H](Cn1cccn1)NS(=O)(=O)c1cccc(Br)c1. The van der Waals surface area contributed by atoms with Crippen LogP contribution in [-0.4, -0.2) is 24.2 Å². The van der Waals surface area contributed by atoms with Crippen molar-refractivity contribution in [2.24, 2.45) is 0 Å². The van der Waals surface area contributed by atoms with Gasteiger partial charge in [0.15, 0.2) is 0 Å². The van der Waals surface area contributed by atoms with Crippen molar-refractivity contribution >= 4 is 26.0 Å². The van der Waals surface area contributed by atoms with Crippen LogP contribution in [0.2, 0.25) is 0 Å². The summed E-state index contributed by atoms with van der Waals surface area (Å²) in [7, 11) is -3.51. The number of nitrogens with zero attached hydrogens (tertiary/aromatic N) is 2. The third kappa shape index (κ3) is 3.89. The largest absolute Gasteiger partial charge is 0.271 e. The fourth-order valence-electron chi connectivity index (χ4n) is 1.69. The third-order valence-electron chi connectivity index (χ3n) is 2.48. The molecule has 0 aliphatic heterocycles. The van der Waals surface area contributed by atoms with Crippen LogP contribution in [0.5, 0.6) is 0 Å². The van der Waals surface area contributed by atoms with Crippen LogP contribution in [0.15, 0.2) is 52.1 Å². The smallest absolute Gasteiger partial charge is 0.240 e. The van der Waals surface area contributed by atoms with Crippen molar-refractivity contribution < 1.29 is 8.42 Å². The molecule has 1 atom stereocenters. The second-order valence-electron chi connectivity index (χ2n) is 4.21. The van der Waals surface area contributed by atoms with Gasteiger partial charge < -0.3 is 0 Å². The van der Waals surface area contributed by atoms with Crippen LogP contribution >= 0.6 is 15.9 Å². The zero-order valence-electron chi connectivity index (χ0n) is 10.3. The average Bonchev–Trinajstić information content (AvgIpc) is 2.81. The molecule has 1 aromatic heterocycles. The van der Waals surface area contributed by atoms with Gasteiger partial charge in [-0.05, 0) is 31.2 Å². The Bertz CT molecular complexity index is 641. The van der Waals surface area contributed by atoms with E-state index in [4.69, 9.17) is 0 Å². The molecule has 0 saturated heterocycles. The first kappa shape index (κ1) is 14.2. The number of halogens is 1. The first-order valence-corrected chi connectivity index (χ1v) is 8.00. The van der Waals surface area contributed by atoms with Crippen molar-refractivity contribution in [3.05, 3.63) is 47.2 Å². The van der Waals surface area contributed by atoms with Crippen molar-refractivity contribution in [1.29, 1.82) is 0 Å². The number of rotatable bonds is 5. The van der Waals surface area contributed by atoms with Gasteiger partial charge in [0, 0.05) is 22.9 Å². The van der Waals surface area contributed by atoms with Gasteiger partial charge in [-0.3, -0.25) is 4.68 Å². The Morgan fingerprint density at radius 3 is 2.84 bits per heavy atom. The minimum absolute atomic E-state index is 0.245. The molecule has 0 amide bonds. The monoisotopic (exact) mass is 343 g/mol. The summed E-state index contributed by atoms with van der Waals surface area (Å²) in [5, 5.41) is 4.05. The van der Waals surface area contributed by atoms with E-state index in [2.05, 4.69) is 25.8 Å². The highest BCUT2D eigenvalue weighted by Crippen LogP contribution is 2.16. The van der Waals surface area contributed by atoms with Gasteiger partial charge in [-0.2, -0.15) is 5.10 Å². The molecule has 19 heavy (non-hydrogen) atoms. The van der Waals surface area contributed by atoms with Crippen molar-refractivity contribution in [2.45, 2.75) is 24.4 Å². The molecule has 7 heteroatoms. The van der Waals surface area contributed by atoms with E-state index in [-0.39, 0.29) is 10.9 Å². The Kier molecular flexibility index (Phi) is 4.38. The minimum atomic E-state index is -3.51. The highest BCUT2D eigenvalue weighted by molar-refractivity contribution is 9.10. The first-order chi connectivity index (χ1) is 8.97. The summed E-state index contributed by atoms with van der Waals surface area (Å²) in [6.45, 7) is 2.29. The van der Waals surface area contributed by atoms with Gasteiger partial charge in [-0.15, -0.1) is 0 Å². The van der Waals surface area contributed by atoms with E-state index in [0.29, 0.717) is 6.54 Å². The first-order valence-electron chi connectivity index (χ1n) is 5.73. The maximum atomic E-state index is 12.2. The average molecular weight is 344 g/mol. The molecule has 0 aliphatic rings. The summed E-state index contributed by atoms with van der Waals surface area (Å²) >= 11 is 3.26. The number of sulfonamides is 1. The van der Waals surface area contributed by atoms with E-state index in [1.807, 2.05) is 0 Å². The Hall–Kier alpha value is -1.18. The molecule has 1 N–H and O–H groups in total. The van der Waals surface area contributed by atoms with E-state index in [1.165, 1.54) is 0 Å². The van der Waals surface area contributed by atoms with Crippen molar-refractivity contribution in [1.82, 2.24) is 14.5 Å². The lowest BCUT2D eigenvalue weighted by molar-refractivity contribution is 0.494. The zero-order chi connectivity index (χ0) is 13.9. The number of hydrogen-bond acceptors (Lipinski definition) is 3. The summed E-state index contributed by atoms with van der Waals surface area (Å²) in [4.78, 5) is 0.245. The summed E-state index contributed by atoms with van der Waals surface area (Å²) in [6, 6.07) is 8.17. The third-order valence-corrected chi connectivity index (χ3v) is 4.56. The van der Waals surface area contributed by atoms with Gasteiger partial charge in [0.1, 0.15) is 0 Å². The molecule has 0 saturated carbocycles. The highest BCUT2D eigenvalue weighted by Gasteiger charge is 2.17. The van der Waals surface area contributed by atoms with Gasteiger partial charge in [-0.1, -0.05) is 22.0 Å². The molecule has 0 fully saturated rings. The maximum Gasteiger partial charge on any atom is 0.240 e. The van der Waals surface area contributed by atoms with Crippen LogP contribution < -0.4 is 4.72 Å². The molecule has 1 heterocycles. The number of benzene rings is 1. The Morgan fingerprint density at radius 2 is 2.21 bits per heavy atom. The molecular formula is C12H14BrN3O2S. The van der Waals surface area contributed by atoms with E-state index in [1.54, 1.807) is 54.3 Å². The molecule has 0 bridgehead atoms. The predicted molar refractivity (Wildman–Crippen MR) is 76.2 cm³/mol. The van der Waals surface area contributed by atoms with Gasteiger partial charge in [0.2, 0.25) is 10.0 Å². The molecule has 0 aliphatic carbocycles. The molecule has 0 unspecified atom stereocenters. The van der Waals surface area contributed by atoms with Gasteiger partial charge in [0.25, 0.3) is 0 Å². The van der Waals surface area contributed by atoms with Gasteiger partial charge in [-0.25, -0.2) is 13.1 Å². The molecule has 0 radical (unpaired) electrons. The number of aromatic nitrogens is 2. The topological polar surface area (TPSA) is 64.0 Å². The molecular weight excluding hydrogens is 330 g/mol. The highest BCUT2D eigenvalue weighted by atomic mass is 79.9. The predicted octanol–water partition coefficient (Wildman–Crippen LogP) is 2.01. The Balaban J connectivity index is 2.09. The van der Waals surface area contributed by atoms with Crippen LogP contribution in [0.25, 0.3) is 0 Å². The van der Waals surface area contributed by atoms with Crippen molar-refractivity contribution in [2.75, 3.05) is 0 Å². The molecule has 1 aromatic carbocycles. The van der Waals surface area contributed by atoms with Crippen LogP contribution in [0.1, 0.15) is 6.92 Å². The molecule has 102 valence electrons. The second-order valence-corrected chi connectivity index (χ2v) is 6.84. The Labute approximate surface area is 120 Å². The van der Waals surface area contributed by atoms with Crippen LogP contribution in [0, 0.1) is 0 Å². The fraction of sp³-hybridized carbons (Fsp3) is 0.250. The van der Waals surface area contributed by atoms with Gasteiger partial charge >= 0.3 is 0 Å². The maximum absolute atomic E-state index is 12.2. The molecule has 0 spiro atoms. The lowest BCUT2D eigenvalue weighted by Gasteiger charge is -2.14. The lowest BCUT2D eigenvalue weighted by atomic mass is 10.4. The van der Waals surface area contributed by atoms with E-state index >= 15 is 0 Å². The minimum Gasteiger partial charge on any atom is -0.271 e. The van der Waals surface area contributed by atoms with Crippen LogP contribution in [-0.2, 0) is 16.6 Å². The number of hydrogen-bond donors (Lipinski definition) is 1. The van der Waals surface area contributed by atoms with Crippen LogP contribution in [0.4, 0.5) is 0 Å². The number of nitrogens with one attached hydrogen (secondary N) is 1. The molecule has 2 aromatic rings. The lowest BCUT2D eigenvalue weighted by Crippen LogP contribution is -2.35. The van der Waals surface area contributed by atoms with Gasteiger partial charge in [0.05, 0.1) is 11.4 Å². The van der Waals surface area contributed by atoms with Crippen molar-refractivity contribution in [3.63, 3.8) is 0 Å². The molecule has 2 rings (SSSR count). The second kappa shape index (κ2) is 5.85. The standard InChI is InChI=1S/C12H14BrN3O2S/c1-10(9-16-7-3-6-14-16)15-19(17,18)12-5-2-4-11(13)8-12/h2-8,10,15H,9H2,1H3/t10-/m0/s1. The zero-order valence-corrected chi connectivity index (χ0v) is 12.7.